The minimum Gasteiger partial charge on any atom is -0.496 e. The zero-order chi connectivity index (χ0) is 20.8. The maximum atomic E-state index is 14.5. The molecule has 0 aromatic heterocycles. The van der Waals surface area contributed by atoms with Crippen LogP contribution in [-0.4, -0.2) is 53.4 Å². The van der Waals surface area contributed by atoms with Gasteiger partial charge < -0.3 is 23.8 Å². The Morgan fingerprint density at radius 2 is 1.66 bits per heavy atom. The van der Waals surface area contributed by atoms with E-state index in [0.29, 0.717) is 54.8 Å². The summed E-state index contributed by atoms with van der Waals surface area (Å²) >= 11 is 0. The van der Waals surface area contributed by atoms with Crippen molar-refractivity contribution in [3.8, 4) is 17.2 Å². The molecule has 2 aromatic carbocycles. The lowest BCUT2D eigenvalue weighted by Crippen LogP contribution is -2.36. The number of ether oxygens (including phenoxy) is 4. The highest BCUT2D eigenvalue weighted by atomic mass is 19.1. The van der Waals surface area contributed by atoms with Crippen LogP contribution in [0.15, 0.2) is 36.4 Å². The van der Waals surface area contributed by atoms with Gasteiger partial charge in [0.1, 0.15) is 11.6 Å². The quantitative estimate of drug-likeness (QED) is 0.522. The Morgan fingerprint density at radius 1 is 1.00 bits per heavy atom. The van der Waals surface area contributed by atoms with Crippen molar-refractivity contribution in [1.82, 2.24) is 0 Å². The summed E-state index contributed by atoms with van der Waals surface area (Å²) in [4.78, 5) is 14.5. The number of rotatable bonds is 7. The minimum atomic E-state index is -0.421. The van der Waals surface area contributed by atoms with Crippen LogP contribution < -0.4 is 19.1 Å². The SMILES string of the molecule is COc1cc(OC)c(OC)cc1/C=C/C(=O)c1ccc(N2CCOCC2)c(F)c1. The van der Waals surface area contributed by atoms with Gasteiger partial charge in [0.2, 0.25) is 0 Å². The van der Waals surface area contributed by atoms with Crippen LogP contribution in [0.3, 0.4) is 0 Å². The fraction of sp³-hybridized carbons (Fsp3) is 0.318. The molecule has 1 aliphatic heterocycles. The van der Waals surface area contributed by atoms with Crippen LogP contribution >= 0.6 is 0 Å². The van der Waals surface area contributed by atoms with E-state index >= 15 is 0 Å². The number of ketones is 1. The Balaban J connectivity index is 1.81. The van der Waals surface area contributed by atoms with E-state index < -0.39 is 5.82 Å². The number of benzene rings is 2. The van der Waals surface area contributed by atoms with Crippen LogP contribution in [0.2, 0.25) is 0 Å². The number of hydrogen-bond donors (Lipinski definition) is 0. The van der Waals surface area contributed by atoms with Crippen LogP contribution in [0.1, 0.15) is 15.9 Å². The molecule has 0 amide bonds. The maximum absolute atomic E-state index is 14.5. The summed E-state index contributed by atoms with van der Waals surface area (Å²) in [6.45, 7) is 2.39. The second-order valence-electron chi connectivity index (χ2n) is 6.41. The largest absolute Gasteiger partial charge is 0.496 e. The van der Waals surface area contributed by atoms with Gasteiger partial charge in [0.05, 0.1) is 40.2 Å². The molecule has 0 radical (unpaired) electrons. The number of anilines is 1. The Labute approximate surface area is 169 Å². The molecule has 1 heterocycles. The monoisotopic (exact) mass is 401 g/mol. The minimum absolute atomic E-state index is 0.273. The molecule has 1 saturated heterocycles. The van der Waals surface area contributed by atoms with Crippen LogP contribution in [0.4, 0.5) is 10.1 Å². The summed E-state index contributed by atoms with van der Waals surface area (Å²) in [5.41, 5.74) is 1.40. The molecule has 0 unspecified atom stereocenters. The van der Waals surface area contributed by atoms with Crippen LogP contribution in [0.5, 0.6) is 17.2 Å². The molecule has 0 bridgehead atoms. The fourth-order valence-electron chi connectivity index (χ4n) is 3.17. The normalized spacial score (nSPS) is 14.1. The summed E-state index contributed by atoms with van der Waals surface area (Å²) in [5, 5.41) is 0. The number of halogens is 1. The number of allylic oxidation sites excluding steroid dienone is 1. The van der Waals surface area contributed by atoms with E-state index in [1.165, 1.54) is 33.5 Å². The topological polar surface area (TPSA) is 57.2 Å². The Morgan fingerprint density at radius 3 is 2.28 bits per heavy atom. The van der Waals surface area contributed by atoms with E-state index in [4.69, 9.17) is 18.9 Å². The van der Waals surface area contributed by atoms with Gasteiger partial charge in [-0.25, -0.2) is 4.39 Å². The summed E-state index contributed by atoms with van der Waals surface area (Å²) in [6.07, 6.45) is 2.99. The van der Waals surface area contributed by atoms with E-state index in [9.17, 15) is 9.18 Å². The van der Waals surface area contributed by atoms with Gasteiger partial charge in [0.25, 0.3) is 0 Å². The van der Waals surface area contributed by atoms with E-state index in [-0.39, 0.29) is 11.3 Å². The number of morpholine rings is 1. The molecule has 1 aliphatic rings. The predicted octanol–water partition coefficient (Wildman–Crippen LogP) is 3.58. The van der Waals surface area contributed by atoms with Gasteiger partial charge in [0.15, 0.2) is 17.3 Å². The summed E-state index contributed by atoms with van der Waals surface area (Å²) < 4.78 is 35.7. The summed E-state index contributed by atoms with van der Waals surface area (Å²) in [6, 6.07) is 7.93. The molecule has 0 atom stereocenters. The predicted molar refractivity (Wildman–Crippen MR) is 109 cm³/mol. The van der Waals surface area contributed by atoms with Crippen molar-refractivity contribution in [2.75, 3.05) is 52.5 Å². The van der Waals surface area contributed by atoms with Crippen LogP contribution in [0, 0.1) is 5.82 Å². The standard InChI is InChI=1S/C22H24FNO5/c1-26-20-14-22(28-3)21(27-2)13-16(20)5-7-19(25)15-4-6-18(17(23)12-15)24-8-10-29-11-9-24/h4-7,12-14H,8-11H2,1-3H3/b7-5+. The van der Waals surface area contributed by atoms with Crippen LogP contribution in [0.25, 0.3) is 6.08 Å². The molecule has 0 saturated carbocycles. The van der Waals surface area contributed by atoms with Crippen molar-refractivity contribution >= 4 is 17.5 Å². The first-order valence-electron chi connectivity index (χ1n) is 9.22. The van der Waals surface area contributed by atoms with Gasteiger partial charge in [-0.1, -0.05) is 0 Å². The number of carbonyl (C=O) groups excluding carboxylic acids is 1. The lowest BCUT2D eigenvalue weighted by atomic mass is 10.1. The number of methoxy groups -OCH3 is 3. The Bertz CT molecular complexity index is 906. The molecule has 6 nitrogen and oxygen atoms in total. The van der Waals surface area contributed by atoms with Crippen molar-refractivity contribution in [3.63, 3.8) is 0 Å². The highest BCUT2D eigenvalue weighted by Gasteiger charge is 2.16. The van der Waals surface area contributed by atoms with Gasteiger partial charge in [-0.05, 0) is 36.4 Å². The van der Waals surface area contributed by atoms with E-state index in [0.717, 1.165) is 0 Å². The van der Waals surface area contributed by atoms with Gasteiger partial charge in [0, 0.05) is 30.3 Å². The first kappa shape index (κ1) is 20.7. The third-order valence-corrected chi connectivity index (χ3v) is 4.73. The van der Waals surface area contributed by atoms with E-state index in [1.54, 1.807) is 30.3 Å². The van der Waals surface area contributed by atoms with Crippen molar-refractivity contribution in [1.29, 1.82) is 0 Å². The average Bonchev–Trinajstić information content (AvgIpc) is 2.77. The number of nitrogens with zero attached hydrogens (tertiary/aromatic N) is 1. The van der Waals surface area contributed by atoms with Gasteiger partial charge >= 0.3 is 0 Å². The second-order valence-corrected chi connectivity index (χ2v) is 6.41. The first-order valence-corrected chi connectivity index (χ1v) is 9.22. The third kappa shape index (κ3) is 4.68. The highest BCUT2D eigenvalue weighted by Crippen LogP contribution is 2.35. The number of hydrogen-bond acceptors (Lipinski definition) is 6. The molecule has 0 aliphatic carbocycles. The lowest BCUT2D eigenvalue weighted by Gasteiger charge is -2.29. The zero-order valence-electron chi connectivity index (χ0n) is 16.7. The molecule has 0 N–H and O–H groups in total. The summed E-state index contributed by atoms with van der Waals surface area (Å²) in [5.74, 6) is 0.833. The number of carbonyl (C=O) groups is 1. The smallest absolute Gasteiger partial charge is 0.185 e. The zero-order valence-corrected chi connectivity index (χ0v) is 16.7. The van der Waals surface area contributed by atoms with Crippen molar-refractivity contribution in [2.24, 2.45) is 0 Å². The maximum Gasteiger partial charge on any atom is 0.185 e. The molecule has 29 heavy (non-hydrogen) atoms. The lowest BCUT2D eigenvalue weighted by molar-refractivity contribution is 0.104. The van der Waals surface area contributed by atoms with Gasteiger partial charge in [-0.3, -0.25) is 4.79 Å². The molecule has 0 spiro atoms. The molecular weight excluding hydrogens is 377 g/mol. The van der Waals surface area contributed by atoms with E-state index in [2.05, 4.69) is 0 Å². The van der Waals surface area contributed by atoms with Crippen molar-refractivity contribution < 1.29 is 28.1 Å². The highest BCUT2D eigenvalue weighted by molar-refractivity contribution is 6.07. The molecule has 1 fully saturated rings. The average molecular weight is 401 g/mol. The van der Waals surface area contributed by atoms with Gasteiger partial charge in [-0.15, -0.1) is 0 Å². The van der Waals surface area contributed by atoms with Crippen molar-refractivity contribution in [2.45, 2.75) is 0 Å². The second kappa shape index (κ2) is 9.43. The van der Waals surface area contributed by atoms with E-state index in [1.807, 2.05) is 4.90 Å². The molecule has 7 heteroatoms. The third-order valence-electron chi connectivity index (χ3n) is 4.73. The fourth-order valence-corrected chi connectivity index (χ4v) is 3.17. The van der Waals surface area contributed by atoms with Gasteiger partial charge in [-0.2, -0.15) is 0 Å². The molecule has 154 valence electrons. The Hall–Kier alpha value is -3.06. The Kier molecular flexibility index (Phi) is 6.72. The first-order chi connectivity index (χ1) is 14.1. The van der Waals surface area contributed by atoms with Crippen LogP contribution in [-0.2, 0) is 4.74 Å². The molecular formula is C22H24FNO5. The summed E-state index contributed by atoms with van der Waals surface area (Å²) in [7, 11) is 4.59. The molecule has 2 aromatic rings. The van der Waals surface area contributed by atoms with Crippen molar-refractivity contribution in [3.05, 3.63) is 53.4 Å². The molecule has 3 rings (SSSR count).